The van der Waals surface area contributed by atoms with Crippen molar-refractivity contribution in [2.75, 3.05) is 0 Å². The topological polar surface area (TPSA) is 0 Å². The lowest BCUT2D eigenvalue weighted by molar-refractivity contribution is 1.15. The molecule has 0 nitrogen and oxygen atoms in total. The van der Waals surface area contributed by atoms with Gasteiger partial charge >= 0.3 is 0 Å². The molecule has 3 heteroatoms. The van der Waals surface area contributed by atoms with Gasteiger partial charge in [0, 0.05) is 0 Å². The van der Waals surface area contributed by atoms with E-state index in [1.807, 2.05) is 0 Å². The Morgan fingerprint density at radius 1 is 1.78 bits per heavy atom. The SMILES string of the molecule is CCc1cc(I)sc1Br. The maximum atomic E-state index is 3.49. The summed E-state index contributed by atoms with van der Waals surface area (Å²) in [7, 11) is 0. The predicted molar refractivity (Wildman–Crippen MR) is 54.1 cm³/mol. The molecule has 0 aromatic carbocycles. The van der Waals surface area contributed by atoms with E-state index in [2.05, 4.69) is 51.5 Å². The van der Waals surface area contributed by atoms with Gasteiger partial charge in [-0.2, -0.15) is 0 Å². The summed E-state index contributed by atoms with van der Waals surface area (Å²) in [5.41, 5.74) is 1.42. The Morgan fingerprint density at radius 2 is 2.44 bits per heavy atom. The minimum absolute atomic E-state index is 1.13. The lowest BCUT2D eigenvalue weighted by atomic mass is 10.3. The molecule has 0 bridgehead atoms. The molecular formula is C6H6BrIS. The highest BCUT2D eigenvalue weighted by atomic mass is 127. The fraction of sp³-hybridized carbons (Fsp3) is 0.333. The second-order valence-corrected chi connectivity index (χ2v) is 5.97. The molecule has 1 aromatic rings. The van der Waals surface area contributed by atoms with Crippen LogP contribution in [-0.4, -0.2) is 0 Å². The Morgan fingerprint density at radius 3 is 2.67 bits per heavy atom. The van der Waals surface area contributed by atoms with Crippen LogP contribution in [0.25, 0.3) is 0 Å². The maximum Gasteiger partial charge on any atom is 0.0741 e. The summed E-state index contributed by atoms with van der Waals surface area (Å²) in [4.78, 5) is 0. The molecule has 0 N–H and O–H groups in total. The van der Waals surface area contributed by atoms with Crippen LogP contribution in [0.5, 0.6) is 0 Å². The molecule has 9 heavy (non-hydrogen) atoms. The predicted octanol–water partition coefficient (Wildman–Crippen LogP) is 3.68. The Bertz CT molecular complexity index is 207. The molecule has 0 radical (unpaired) electrons. The zero-order chi connectivity index (χ0) is 6.85. The van der Waals surface area contributed by atoms with Crippen LogP contribution < -0.4 is 0 Å². The molecule has 0 aliphatic carbocycles. The van der Waals surface area contributed by atoms with Crippen molar-refractivity contribution >= 4 is 49.9 Å². The van der Waals surface area contributed by atoms with Crippen LogP contribution in [0.15, 0.2) is 9.85 Å². The molecule has 1 rings (SSSR count). The molecule has 0 aliphatic rings. The number of aryl methyl sites for hydroxylation is 1. The van der Waals surface area contributed by atoms with Crippen molar-refractivity contribution in [2.45, 2.75) is 13.3 Å². The number of hydrogen-bond donors (Lipinski definition) is 0. The Hall–Kier alpha value is 0.910. The Balaban J connectivity index is 3.01. The third-order valence-corrected chi connectivity index (χ3v) is 3.83. The first-order valence-corrected chi connectivity index (χ1v) is 5.36. The van der Waals surface area contributed by atoms with Gasteiger partial charge in [0.1, 0.15) is 0 Å². The van der Waals surface area contributed by atoms with Gasteiger partial charge < -0.3 is 0 Å². The zero-order valence-electron chi connectivity index (χ0n) is 4.95. The summed E-state index contributed by atoms with van der Waals surface area (Å²) < 4.78 is 2.64. The normalized spacial score (nSPS) is 10.1. The van der Waals surface area contributed by atoms with Gasteiger partial charge in [-0.3, -0.25) is 0 Å². The second-order valence-electron chi connectivity index (χ2n) is 1.70. The minimum Gasteiger partial charge on any atom is -0.122 e. The van der Waals surface area contributed by atoms with E-state index in [1.54, 1.807) is 11.3 Å². The van der Waals surface area contributed by atoms with Gasteiger partial charge in [0.15, 0.2) is 0 Å². The van der Waals surface area contributed by atoms with Crippen LogP contribution in [0.4, 0.5) is 0 Å². The summed E-state index contributed by atoms with van der Waals surface area (Å²) in [6.07, 6.45) is 1.13. The van der Waals surface area contributed by atoms with Crippen molar-refractivity contribution in [3.63, 3.8) is 0 Å². The largest absolute Gasteiger partial charge is 0.122 e. The number of hydrogen-bond acceptors (Lipinski definition) is 1. The van der Waals surface area contributed by atoms with E-state index in [1.165, 1.54) is 12.2 Å². The molecule has 0 amide bonds. The molecule has 50 valence electrons. The highest BCUT2D eigenvalue weighted by Crippen LogP contribution is 2.29. The van der Waals surface area contributed by atoms with Crippen molar-refractivity contribution in [1.29, 1.82) is 0 Å². The van der Waals surface area contributed by atoms with E-state index < -0.39 is 0 Å². The van der Waals surface area contributed by atoms with Gasteiger partial charge in [-0.1, -0.05) is 6.92 Å². The summed E-state index contributed by atoms with van der Waals surface area (Å²) in [6, 6.07) is 2.22. The van der Waals surface area contributed by atoms with E-state index in [0.29, 0.717) is 0 Å². The lowest BCUT2D eigenvalue weighted by Gasteiger charge is -1.85. The quantitative estimate of drug-likeness (QED) is 0.693. The van der Waals surface area contributed by atoms with Gasteiger partial charge in [0.25, 0.3) is 0 Å². The zero-order valence-corrected chi connectivity index (χ0v) is 9.51. The molecule has 0 spiro atoms. The van der Waals surface area contributed by atoms with Crippen molar-refractivity contribution in [3.8, 4) is 0 Å². The standard InChI is InChI=1S/C6H6BrIS/c1-2-4-3-5(8)9-6(4)7/h3H,2H2,1H3. The number of thiophene rings is 1. The van der Waals surface area contributed by atoms with Gasteiger partial charge in [-0.15, -0.1) is 11.3 Å². The first-order valence-electron chi connectivity index (χ1n) is 2.67. The van der Waals surface area contributed by atoms with Crippen LogP contribution >= 0.6 is 49.9 Å². The maximum absolute atomic E-state index is 3.49. The average Bonchev–Trinajstić information content (AvgIpc) is 2.10. The highest BCUT2D eigenvalue weighted by Gasteiger charge is 2.00. The van der Waals surface area contributed by atoms with Crippen molar-refractivity contribution in [2.24, 2.45) is 0 Å². The van der Waals surface area contributed by atoms with E-state index in [4.69, 9.17) is 0 Å². The Labute approximate surface area is 80.9 Å². The van der Waals surface area contributed by atoms with Gasteiger partial charge in [-0.05, 0) is 56.6 Å². The first kappa shape index (κ1) is 8.01. The first-order chi connectivity index (χ1) is 4.24. The Kier molecular flexibility index (Phi) is 2.98. The minimum atomic E-state index is 1.13. The second kappa shape index (κ2) is 3.34. The molecule has 1 aromatic heterocycles. The smallest absolute Gasteiger partial charge is 0.0741 e. The van der Waals surface area contributed by atoms with Gasteiger partial charge in [0.05, 0.1) is 6.67 Å². The molecule has 0 saturated carbocycles. The third kappa shape index (κ3) is 1.91. The summed E-state index contributed by atoms with van der Waals surface area (Å²) in [5.74, 6) is 0. The monoisotopic (exact) mass is 316 g/mol. The van der Waals surface area contributed by atoms with Crippen LogP contribution in [0.3, 0.4) is 0 Å². The molecule has 0 unspecified atom stereocenters. The van der Waals surface area contributed by atoms with Crippen molar-refractivity contribution in [3.05, 3.63) is 18.3 Å². The van der Waals surface area contributed by atoms with Gasteiger partial charge in [-0.25, -0.2) is 0 Å². The average molecular weight is 317 g/mol. The highest BCUT2D eigenvalue weighted by molar-refractivity contribution is 14.1. The van der Waals surface area contributed by atoms with E-state index in [0.717, 1.165) is 6.42 Å². The van der Waals surface area contributed by atoms with Crippen LogP contribution in [0, 0.1) is 2.88 Å². The van der Waals surface area contributed by atoms with Gasteiger partial charge in [0.2, 0.25) is 0 Å². The summed E-state index contributed by atoms with van der Waals surface area (Å²) in [6.45, 7) is 2.17. The lowest BCUT2D eigenvalue weighted by Crippen LogP contribution is -1.71. The molecule has 0 atom stereocenters. The number of rotatable bonds is 1. The summed E-state index contributed by atoms with van der Waals surface area (Å²) >= 11 is 7.63. The number of halogens is 2. The van der Waals surface area contributed by atoms with E-state index in [-0.39, 0.29) is 0 Å². The molecule has 1 heterocycles. The van der Waals surface area contributed by atoms with Crippen LogP contribution in [0.1, 0.15) is 12.5 Å². The third-order valence-electron chi connectivity index (χ3n) is 1.11. The van der Waals surface area contributed by atoms with Crippen LogP contribution in [-0.2, 0) is 6.42 Å². The van der Waals surface area contributed by atoms with E-state index in [9.17, 15) is 0 Å². The summed E-state index contributed by atoms with van der Waals surface area (Å²) in [5, 5.41) is 0. The van der Waals surface area contributed by atoms with Crippen LogP contribution in [0.2, 0.25) is 0 Å². The van der Waals surface area contributed by atoms with Crippen molar-refractivity contribution in [1.82, 2.24) is 0 Å². The van der Waals surface area contributed by atoms with Crippen molar-refractivity contribution < 1.29 is 0 Å². The fourth-order valence-electron chi connectivity index (χ4n) is 0.615. The fourth-order valence-corrected chi connectivity index (χ4v) is 4.18. The molecular weight excluding hydrogens is 311 g/mol. The molecule has 0 aliphatic heterocycles. The van der Waals surface area contributed by atoms with E-state index >= 15 is 0 Å². The molecule has 0 fully saturated rings. The molecule has 0 saturated heterocycles.